The van der Waals surface area contributed by atoms with Gasteiger partial charge in [0.15, 0.2) is 0 Å². The van der Waals surface area contributed by atoms with E-state index in [0.29, 0.717) is 6.04 Å². The van der Waals surface area contributed by atoms with Gasteiger partial charge in [-0.3, -0.25) is 4.68 Å². The van der Waals surface area contributed by atoms with Gasteiger partial charge in [0.1, 0.15) is 0 Å². The summed E-state index contributed by atoms with van der Waals surface area (Å²) in [6.07, 6.45) is 5.23. The second-order valence-corrected chi connectivity index (χ2v) is 3.99. The maximum Gasteiger partial charge on any atom is 0.0847 e. The molecule has 1 aliphatic heterocycles. The maximum atomic E-state index is 6.16. The molecule has 3 nitrogen and oxygen atoms in total. The number of aromatic nitrogens is 2. The molecule has 1 aromatic heterocycles. The summed E-state index contributed by atoms with van der Waals surface area (Å²) in [7, 11) is 1.94. The van der Waals surface area contributed by atoms with E-state index in [-0.39, 0.29) is 0 Å². The molecule has 1 atom stereocenters. The normalized spacial score (nSPS) is 20.6. The highest BCUT2D eigenvalue weighted by atomic mass is 35.5. The van der Waals surface area contributed by atoms with Crippen molar-refractivity contribution < 1.29 is 0 Å². The molecule has 0 amide bonds. The van der Waals surface area contributed by atoms with Crippen LogP contribution in [0.4, 0.5) is 0 Å². The topological polar surface area (TPSA) is 29.9 Å². The van der Waals surface area contributed by atoms with Crippen LogP contribution in [0.3, 0.4) is 0 Å². The summed E-state index contributed by atoms with van der Waals surface area (Å²) in [4.78, 5) is 0. The van der Waals surface area contributed by atoms with Crippen LogP contribution in [0.5, 0.6) is 0 Å². The van der Waals surface area contributed by atoms with Crippen molar-refractivity contribution >= 4 is 11.6 Å². The van der Waals surface area contributed by atoms with E-state index in [9.17, 15) is 0 Å². The van der Waals surface area contributed by atoms with Gasteiger partial charge < -0.3 is 5.32 Å². The van der Waals surface area contributed by atoms with Gasteiger partial charge in [-0.2, -0.15) is 5.10 Å². The van der Waals surface area contributed by atoms with E-state index in [1.165, 1.54) is 0 Å². The quantitative estimate of drug-likeness (QED) is 0.751. The second kappa shape index (κ2) is 3.75. The van der Waals surface area contributed by atoms with Gasteiger partial charge in [-0.05, 0) is 6.92 Å². The lowest BCUT2D eigenvalue weighted by molar-refractivity contribution is 0.617. The first-order valence-corrected chi connectivity index (χ1v) is 5.14. The van der Waals surface area contributed by atoms with Crippen LogP contribution in [0.2, 0.25) is 5.02 Å². The highest BCUT2D eigenvalue weighted by Crippen LogP contribution is 2.21. The lowest BCUT2D eigenvalue weighted by Gasteiger charge is -2.09. The first kappa shape index (κ1) is 9.74. The zero-order valence-corrected chi connectivity index (χ0v) is 9.17. The monoisotopic (exact) mass is 211 g/mol. The third-order valence-electron chi connectivity index (χ3n) is 2.54. The van der Waals surface area contributed by atoms with Crippen molar-refractivity contribution in [3.8, 4) is 0 Å². The van der Waals surface area contributed by atoms with Crippen molar-refractivity contribution in [3.63, 3.8) is 0 Å². The Balaban J connectivity index is 2.19. The van der Waals surface area contributed by atoms with Crippen LogP contribution in [0.15, 0.2) is 12.2 Å². The smallest absolute Gasteiger partial charge is 0.0847 e. The minimum absolute atomic E-state index is 0.405. The van der Waals surface area contributed by atoms with Gasteiger partial charge in [-0.25, -0.2) is 0 Å². The minimum atomic E-state index is 0.405. The van der Waals surface area contributed by atoms with Crippen LogP contribution in [0, 0.1) is 6.92 Å². The molecule has 0 spiro atoms. The summed E-state index contributed by atoms with van der Waals surface area (Å²) >= 11 is 6.16. The van der Waals surface area contributed by atoms with Gasteiger partial charge in [0.2, 0.25) is 0 Å². The summed E-state index contributed by atoms with van der Waals surface area (Å²) < 4.78 is 1.87. The Hall–Kier alpha value is -0.800. The SMILES string of the molecule is Cc1nn(C)c(CC2C=CCN2)c1Cl. The van der Waals surface area contributed by atoms with E-state index in [4.69, 9.17) is 11.6 Å². The number of rotatable bonds is 2. The van der Waals surface area contributed by atoms with Gasteiger partial charge in [-0.15, -0.1) is 0 Å². The van der Waals surface area contributed by atoms with Crippen molar-refractivity contribution in [1.29, 1.82) is 0 Å². The van der Waals surface area contributed by atoms with Gasteiger partial charge in [-0.1, -0.05) is 23.8 Å². The highest BCUT2D eigenvalue weighted by molar-refractivity contribution is 6.31. The molecule has 0 fully saturated rings. The van der Waals surface area contributed by atoms with Gasteiger partial charge in [0, 0.05) is 26.1 Å². The van der Waals surface area contributed by atoms with Crippen molar-refractivity contribution in [2.45, 2.75) is 19.4 Å². The van der Waals surface area contributed by atoms with Crippen LogP contribution >= 0.6 is 11.6 Å². The molecular weight excluding hydrogens is 198 g/mol. The Bertz CT molecular complexity index is 368. The van der Waals surface area contributed by atoms with E-state index in [0.717, 1.165) is 29.4 Å². The lowest BCUT2D eigenvalue weighted by Crippen LogP contribution is -2.25. The van der Waals surface area contributed by atoms with Crippen molar-refractivity contribution in [1.82, 2.24) is 15.1 Å². The molecule has 0 radical (unpaired) electrons. The standard InChI is InChI=1S/C10H14ClN3/c1-7-10(11)9(14(2)13-7)6-8-4-3-5-12-8/h3-4,8,12H,5-6H2,1-2H3. The van der Waals surface area contributed by atoms with E-state index >= 15 is 0 Å². The van der Waals surface area contributed by atoms with Crippen LogP contribution in [0.25, 0.3) is 0 Å². The molecule has 2 heterocycles. The Kier molecular flexibility index (Phi) is 2.61. The summed E-state index contributed by atoms with van der Waals surface area (Å²) in [5.74, 6) is 0. The summed E-state index contributed by atoms with van der Waals surface area (Å²) in [6, 6.07) is 0.405. The van der Waals surface area contributed by atoms with Crippen molar-refractivity contribution in [2.75, 3.05) is 6.54 Å². The van der Waals surface area contributed by atoms with E-state index in [2.05, 4.69) is 22.6 Å². The Morgan fingerprint density at radius 1 is 1.71 bits per heavy atom. The predicted molar refractivity (Wildman–Crippen MR) is 57.6 cm³/mol. The molecule has 76 valence electrons. The molecule has 14 heavy (non-hydrogen) atoms. The molecule has 0 aromatic carbocycles. The molecule has 1 aliphatic rings. The fourth-order valence-corrected chi connectivity index (χ4v) is 2.01. The number of nitrogens with one attached hydrogen (secondary N) is 1. The first-order valence-electron chi connectivity index (χ1n) is 4.76. The summed E-state index contributed by atoms with van der Waals surface area (Å²) in [5, 5.41) is 8.44. The second-order valence-electron chi connectivity index (χ2n) is 3.62. The Labute approximate surface area is 88.8 Å². The zero-order chi connectivity index (χ0) is 10.1. The number of nitrogens with zero attached hydrogens (tertiary/aromatic N) is 2. The number of aryl methyl sites for hydroxylation is 2. The molecule has 0 bridgehead atoms. The third kappa shape index (κ3) is 1.70. The van der Waals surface area contributed by atoms with Crippen LogP contribution in [-0.2, 0) is 13.5 Å². The molecule has 1 unspecified atom stereocenters. The molecular formula is C10H14ClN3. The van der Waals surface area contributed by atoms with E-state index in [1.807, 2.05) is 18.7 Å². The predicted octanol–water partition coefficient (Wildman–Crippen LogP) is 1.45. The van der Waals surface area contributed by atoms with Gasteiger partial charge in [0.05, 0.1) is 16.4 Å². The van der Waals surface area contributed by atoms with E-state index in [1.54, 1.807) is 0 Å². The largest absolute Gasteiger partial charge is 0.307 e. The first-order chi connectivity index (χ1) is 6.68. The molecule has 1 aromatic rings. The zero-order valence-electron chi connectivity index (χ0n) is 8.42. The number of hydrogen-bond acceptors (Lipinski definition) is 2. The van der Waals surface area contributed by atoms with Crippen molar-refractivity contribution in [3.05, 3.63) is 28.6 Å². The fourth-order valence-electron chi connectivity index (χ4n) is 1.77. The molecule has 0 aliphatic carbocycles. The number of halogens is 1. The summed E-state index contributed by atoms with van der Waals surface area (Å²) in [5.41, 5.74) is 2.01. The molecule has 1 N–H and O–H groups in total. The van der Waals surface area contributed by atoms with Crippen LogP contribution in [-0.4, -0.2) is 22.4 Å². The minimum Gasteiger partial charge on any atom is -0.307 e. The van der Waals surface area contributed by atoms with Crippen LogP contribution < -0.4 is 5.32 Å². The summed E-state index contributed by atoms with van der Waals surface area (Å²) in [6.45, 7) is 2.89. The Morgan fingerprint density at radius 3 is 3.00 bits per heavy atom. The Morgan fingerprint density at radius 2 is 2.50 bits per heavy atom. The number of hydrogen-bond donors (Lipinski definition) is 1. The van der Waals surface area contributed by atoms with Crippen molar-refractivity contribution in [2.24, 2.45) is 7.05 Å². The average molecular weight is 212 g/mol. The third-order valence-corrected chi connectivity index (χ3v) is 3.03. The molecule has 0 saturated carbocycles. The average Bonchev–Trinajstić information content (AvgIpc) is 2.71. The maximum absolute atomic E-state index is 6.16. The molecule has 0 saturated heterocycles. The van der Waals surface area contributed by atoms with E-state index < -0.39 is 0 Å². The van der Waals surface area contributed by atoms with Gasteiger partial charge >= 0.3 is 0 Å². The van der Waals surface area contributed by atoms with Crippen LogP contribution in [0.1, 0.15) is 11.4 Å². The fraction of sp³-hybridized carbons (Fsp3) is 0.500. The lowest BCUT2D eigenvalue weighted by atomic mass is 10.1. The molecule has 4 heteroatoms. The molecule has 2 rings (SSSR count). The highest BCUT2D eigenvalue weighted by Gasteiger charge is 2.16. The van der Waals surface area contributed by atoms with Gasteiger partial charge in [0.25, 0.3) is 0 Å².